The predicted octanol–water partition coefficient (Wildman–Crippen LogP) is 1.49. The fourth-order valence-corrected chi connectivity index (χ4v) is 3.74. The minimum Gasteiger partial charge on any atom is -0.492 e. The summed E-state index contributed by atoms with van der Waals surface area (Å²) in [5.41, 5.74) is 1.10. The molecule has 0 fully saturated rings. The number of fused-ring (bicyclic) bond motifs is 1. The molecule has 1 aliphatic rings. The minimum atomic E-state index is -0.958. The maximum absolute atomic E-state index is 12.4. The molecule has 0 bridgehead atoms. The minimum absolute atomic E-state index is 0.0231. The van der Waals surface area contributed by atoms with Gasteiger partial charge in [0.15, 0.2) is 0 Å². The van der Waals surface area contributed by atoms with E-state index in [0.717, 1.165) is 17.9 Å². The first-order chi connectivity index (χ1) is 9.27. The summed E-state index contributed by atoms with van der Waals surface area (Å²) in [6.07, 6.45) is 0. The molecule has 5 heteroatoms. The fourth-order valence-electron chi connectivity index (χ4n) is 2.34. The second-order valence-electron chi connectivity index (χ2n) is 4.50. The number of hydrogen-bond donors (Lipinski definition) is 1. The Hall–Kier alpha value is -0.910. The Labute approximate surface area is 116 Å². The van der Waals surface area contributed by atoms with E-state index in [2.05, 4.69) is 12.2 Å². The van der Waals surface area contributed by atoms with E-state index in [-0.39, 0.29) is 11.3 Å². The Bertz CT molecular complexity index is 438. The van der Waals surface area contributed by atoms with Crippen LogP contribution in [0.5, 0.6) is 5.75 Å². The Balaban J connectivity index is 2.19. The third-order valence-corrected chi connectivity index (χ3v) is 4.93. The van der Waals surface area contributed by atoms with Crippen molar-refractivity contribution in [1.29, 1.82) is 0 Å². The molecular formula is C14H21NO3S. The van der Waals surface area contributed by atoms with Gasteiger partial charge in [-0.05, 0) is 12.6 Å². The van der Waals surface area contributed by atoms with Crippen LogP contribution < -0.4 is 10.1 Å². The van der Waals surface area contributed by atoms with Crippen molar-refractivity contribution in [2.45, 2.75) is 18.2 Å². The zero-order valence-electron chi connectivity index (χ0n) is 11.4. The Morgan fingerprint density at radius 1 is 1.47 bits per heavy atom. The highest BCUT2D eigenvalue weighted by Crippen LogP contribution is 2.34. The third kappa shape index (κ3) is 3.35. The maximum atomic E-state index is 12.4. The monoisotopic (exact) mass is 283 g/mol. The van der Waals surface area contributed by atoms with E-state index in [0.29, 0.717) is 19.0 Å². The Morgan fingerprint density at radius 2 is 2.26 bits per heavy atom. The second-order valence-corrected chi connectivity index (χ2v) is 6.28. The standard InChI is InChI=1S/C14H21NO3S/c1-3-15-14-11-6-4-5-7-12(11)18-10-13(14)19(16)9-8-17-2/h4-7,13-15H,3,8-10H2,1-2H3. The summed E-state index contributed by atoms with van der Waals surface area (Å²) < 4.78 is 23.1. The van der Waals surface area contributed by atoms with Crippen LogP contribution in [0.1, 0.15) is 18.5 Å². The summed E-state index contributed by atoms with van der Waals surface area (Å²) in [6.45, 7) is 3.92. The molecule has 1 aromatic rings. The van der Waals surface area contributed by atoms with Crippen molar-refractivity contribution in [2.24, 2.45) is 0 Å². The van der Waals surface area contributed by atoms with Gasteiger partial charge >= 0.3 is 0 Å². The number of para-hydroxylation sites is 1. The van der Waals surface area contributed by atoms with Gasteiger partial charge in [0.05, 0.1) is 17.9 Å². The van der Waals surface area contributed by atoms with E-state index < -0.39 is 10.8 Å². The number of methoxy groups -OCH3 is 1. The quantitative estimate of drug-likeness (QED) is 0.859. The molecule has 3 unspecified atom stereocenters. The zero-order valence-corrected chi connectivity index (χ0v) is 12.2. The lowest BCUT2D eigenvalue weighted by molar-refractivity contribution is 0.216. The van der Waals surface area contributed by atoms with Crippen LogP contribution in [0.2, 0.25) is 0 Å². The van der Waals surface area contributed by atoms with Crippen LogP contribution in [0.25, 0.3) is 0 Å². The Kier molecular flexibility index (Phi) is 5.36. The topological polar surface area (TPSA) is 47.6 Å². The van der Waals surface area contributed by atoms with Gasteiger partial charge < -0.3 is 14.8 Å². The highest BCUT2D eigenvalue weighted by Gasteiger charge is 2.33. The van der Waals surface area contributed by atoms with Gasteiger partial charge in [0.25, 0.3) is 0 Å². The van der Waals surface area contributed by atoms with Gasteiger partial charge in [-0.3, -0.25) is 4.21 Å². The molecule has 0 radical (unpaired) electrons. The molecule has 1 N–H and O–H groups in total. The summed E-state index contributed by atoms with van der Waals surface area (Å²) in [4.78, 5) is 0. The van der Waals surface area contributed by atoms with Crippen molar-refractivity contribution in [2.75, 3.05) is 32.6 Å². The molecule has 0 amide bonds. The molecule has 0 saturated carbocycles. The lowest BCUT2D eigenvalue weighted by Gasteiger charge is -2.33. The van der Waals surface area contributed by atoms with Gasteiger partial charge in [0.1, 0.15) is 12.4 Å². The summed E-state index contributed by atoms with van der Waals surface area (Å²) in [5, 5.41) is 3.41. The molecule has 3 atom stereocenters. The van der Waals surface area contributed by atoms with E-state index in [1.165, 1.54) is 0 Å². The lowest BCUT2D eigenvalue weighted by atomic mass is 10.0. The molecule has 106 valence electrons. The van der Waals surface area contributed by atoms with Crippen LogP contribution in [-0.2, 0) is 15.5 Å². The van der Waals surface area contributed by atoms with Crippen LogP contribution >= 0.6 is 0 Å². The van der Waals surface area contributed by atoms with E-state index in [1.54, 1.807) is 7.11 Å². The van der Waals surface area contributed by atoms with Crippen molar-refractivity contribution in [3.63, 3.8) is 0 Å². The van der Waals surface area contributed by atoms with Crippen molar-refractivity contribution < 1.29 is 13.7 Å². The van der Waals surface area contributed by atoms with Crippen LogP contribution in [0.4, 0.5) is 0 Å². The van der Waals surface area contributed by atoms with Gasteiger partial charge in [0.2, 0.25) is 0 Å². The summed E-state index contributed by atoms with van der Waals surface area (Å²) in [7, 11) is 0.673. The summed E-state index contributed by atoms with van der Waals surface area (Å²) >= 11 is 0. The van der Waals surface area contributed by atoms with E-state index in [4.69, 9.17) is 9.47 Å². The largest absolute Gasteiger partial charge is 0.492 e. The van der Waals surface area contributed by atoms with Crippen molar-refractivity contribution in [3.05, 3.63) is 29.8 Å². The van der Waals surface area contributed by atoms with Crippen molar-refractivity contribution in [1.82, 2.24) is 5.32 Å². The predicted molar refractivity (Wildman–Crippen MR) is 77.0 cm³/mol. The van der Waals surface area contributed by atoms with E-state index in [9.17, 15) is 4.21 Å². The van der Waals surface area contributed by atoms with Crippen LogP contribution in [0, 0.1) is 0 Å². The molecule has 1 aliphatic heterocycles. The highest BCUT2D eigenvalue weighted by molar-refractivity contribution is 7.85. The molecule has 0 spiro atoms. The molecule has 0 saturated heterocycles. The maximum Gasteiger partial charge on any atom is 0.124 e. The average molecular weight is 283 g/mol. The molecule has 0 aromatic heterocycles. The SMILES string of the molecule is CCNC1c2ccccc2OCC1S(=O)CCOC. The van der Waals surface area contributed by atoms with E-state index >= 15 is 0 Å². The second kappa shape index (κ2) is 7.03. The van der Waals surface area contributed by atoms with Gasteiger partial charge in [-0.2, -0.15) is 0 Å². The first kappa shape index (κ1) is 14.5. The van der Waals surface area contributed by atoms with Crippen molar-refractivity contribution >= 4 is 10.8 Å². The third-order valence-electron chi connectivity index (χ3n) is 3.28. The van der Waals surface area contributed by atoms with E-state index in [1.807, 2.05) is 24.3 Å². The van der Waals surface area contributed by atoms with Gasteiger partial charge in [0, 0.05) is 29.2 Å². The first-order valence-corrected chi connectivity index (χ1v) is 7.97. The van der Waals surface area contributed by atoms with Crippen molar-refractivity contribution in [3.8, 4) is 5.75 Å². The number of hydrogen-bond acceptors (Lipinski definition) is 4. The van der Waals surface area contributed by atoms with Crippen LogP contribution in [-0.4, -0.2) is 42.1 Å². The smallest absolute Gasteiger partial charge is 0.124 e. The van der Waals surface area contributed by atoms with Crippen LogP contribution in [0.15, 0.2) is 24.3 Å². The number of rotatable bonds is 6. The molecule has 4 nitrogen and oxygen atoms in total. The molecule has 19 heavy (non-hydrogen) atoms. The Morgan fingerprint density at radius 3 is 3.00 bits per heavy atom. The normalized spacial score (nSPS) is 23.5. The number of nitrogens with one attached hydrogen (secondary N) is 1. The fraction of sp³-hybridized carbons (Fsp3) is 0.571. The molecule has 2 rings (SSSR count). The first-order valence-electron chi connectivity index (χ1n) is 6.59. The van der Waals surface area contributed by atoms with Crippen LogP contribution in [0.3, 0.4) is 0 Å². The summed E-state index contributed by atoms with van der Waals surface area (Å²) in [5.74, 6) is 1.45. The summed E-state index contributed by atoms with van der Waals surface area (Å²) in [6, 6.07) is 8.06. The van der Waals surface area contributed by atoms with Gasteiger partial charge in [-0.1, -0.05) is 25.1 Å². The highest BCUT2D eigenvalue weighted by atomic mass is 32.2. The average Bonchev–Trinajstić information content (AvgIpc) is 2.45. The molecule has 0 aliphatic carbocycles. The number of benzene rings is 1. The molecule has 1 heterocycles. The molecular weight excluding hydrogens is 262 g/mol. The molecule has 1 aromatic carbocycles. The van der Waals surface area contributed by atoms with Gasteiger partial charge in [-0.25, -0.2) is 0 Å². The zero-order chi connectivity index (χ0) is 13.7. The number of ether oxygens (including phenoxy) is 2. The lowest BCUT2D eigenvalue weighted by Crippen LogP contribution is -2.42. The van der Waals surface area contributed by atoms with Gasteiger partial charge in [-0.15, -0.1) is 0 Å².